The van der Waals surface area contributed by atoms with Crippen molar-refractivity contribution in [2.75, 3.05) is 26.7 Å². The van der Waals surface area contributed by atoms with Crippen molar-refractivity contribution >= 4 is 0 Å². The lowest BCUT2D eigenvalue weighted by atomic mass is 9.97. The smallest absolute Gasteiger partial charge is 0.00463 e. The molecule has 0 spiro atoms. The minimum absolute atomic E-state index is 0.970. The fourth-order valence-corrected chi connectivity index (χ4v) is 1.73. The topological polar surface area (TPSA) is 24.1 Å². The Morgan fingerprint density at radius 2 is 2.27 bits per heavy atom. The first-order chi connectivity index (χ1) is 5.43. The molecule has 0 aliphatic carbocycles. The summed E-state index contributed by atoms with van der Waals surface area (Å²) in [7, 11) is 2.04. The summed E-state index contributed by atoms with van der Waals surface area (Å²) in [5, 5.41) is 6.65. The molecule has 2 heteroatoms. The highest BCUT2D eigenvalue weighted by atomic mass is 14.9. The van der Waals surface area contributed by atoms with Crippen molar-refractivity contribution in [3.63, 3.8) is 0 Å². The largest absolute Gasteiger partial charge is 0.320 e. The van der Waals surface area contributed by atoms with E-state index in [9.17, 15) is 0 Å². The molecule has 11 heavy (non-hydrogen) atoms. The van der Waals surface area contributed by atoms with Gasteiger partial charge < -0.3 is 10.6 Å². The van der Waals surface area contributed by atoms with Crippen molar-refractivity contribution in [3.8, 4) is 0 Å². The van der Waals surface area contributed by atoms with E-state index in [1.54, 1.807) is 0 Å². The molecule has 1 fully saturated rings. The van der Waals surface area contributed by atoms with Crippen LogP contribution in [0.5, 0.6) is 0 Å². The van der Waals surface area contributed by atoms with Crippen LogP contribution < -0.4 is 10.6 Å². The Bertz CT molecular complexity index is 85.6. The van der Waals surface area contributed by atoms with E-state index in [-0.39, 0.29) is 0 Å². The van der Waals surface area contributed by atoms with Crippen molar-refractivity contribution < 1.29 is 0 Å². The van der Waals surface area contributed by atoms with Gasteiger partial charge in [0, 0.05) is 0 Å². The van der Waals surface area contributed by atoms with E-state index in [1.807, 2.05) is 7.05 Å². The molecule has 2 nitrogen and oxygen atoms in total. The van der Waals surface area contributed by atoms with Gasteiger partial charge in [0.1, 0.15) is 0 Å². The fourth-order valence-electron chi connectivity index (χ4n) is 1.73. The van der Waals surface area contributed by atoms with Crippen LogP contribution in [0.1, 0.15) is 25.7 Å². The average molecular weight is 156 g/mol. The zero-order valence-corrected chi connectivity index (χ0v) is 7.53. The zero-order valence-electron chi connectivity index (χ0n) is 7.53. The molecule has 2 N–H and O–H groups in total. The van der Waals surface area contributed by atoms with Gasteiger partial charge in [0.15, 0.2) is 0 Å². The van der Waals surface area contributed by atoms with Crippen molar-refractivity contribution in [1.82, 2.24) is 10.6 Å². The van der Waals surface area contributed by atoms with Crippen molar-refractivity contribution in [2.24, 2.45) is 5.92 Å². The summed E-state index contributed by atoms with van der Waals surface area (Å²) in [6, 6.07) is 0. The predicted octanol–water partition coefficient (Wildman–Crippen LogP) is 0.986. The van der Waals surface area contributed by atoms with Gasteiger partial charge in [-0.2, -0.15) is 0 Å². The highest BCUT2D eigenvalue weighted by Gasteiger charge is 2.10. The summed E-state index contributed by atoms with van der Waals surface area (Å²) in [5.41, 5.74) is 0. The second-order valence-electron chi connectivity index (χ2n) is 3.44. The van der Waals surface area contributed by atoms with E-state index in [4.69, 9.17) is 0 Å². The Morgan fingerprint density at radius 1 is 1.36 bits per heavy atom. The summed E-state index contributed by atoms with van der Waals surface area (Å²) < 4.78 is 0. The monoisotopic (exact) mass is 156 g/mol. The lowest BCUT2D eigenvalue weighted by Gasteiger charge is -2.12. The first kappa shape index (κ1) is 9.01. The van der Waals surface area contributed by atoms with Crippen molar-refractivity contribution in [2.45, 2.75) is 25.7 Å². The molecule has 1 rings (SSSR count). The molecule has 1 unspecified atom stereocenters. The van der Waals surface area contributed by atoms with E-state index in [0.29, 0.717) is 0 Å². The molecule has 0 bridgehead atoms. The maximum Gasteiger partial charge on any atom is -0.00463 e. The third kappa shape index (κ3) is 3.73. The van der Waals surface area contributed by atoms with Crippen LogP contribution in [-0.4, -0.2) is 26.7 Å². The van der Waals surface area contributed by atoms with Gasteiger partial charge in [-0.15, -0.1) is 0 Å². The zero-order chi connectivity index (χ0) is 7.94. The number of hydrogen-bond acceptors (Lipinski definition) is 2. The maximum atomic E-state index is 3.43. The summed E-state index contributed by atoms with van der Waals surface area (Å²) >= 11 is 0. The van der Waals surface area contributed by atoms with Crippen LogP contribution in [0.15, 0.2) is 0 Å². The average Bonchev–Trinajstić information content (AvgIpc) is 2.28. The molecule has 0 aromatic rings. The minimum Gasteiger partial charge on any atom is -0.320 e. The Balaban J connectivity index is 2.09. The van der Waals surface area contributed by atoms with Gasteiger partial charge in [0.25, 0.3) is 0 Å². The van der Waals surface area contributed by atoms with E-state index in [0.717, 1.165) is 5.92 Å². The van der Waals surface area contributed by atoms with Crippen LogP contribution in [0, 0.1) is 5.92 Å². The third-order valence-electron chi connectivity index (χ3n) is 2.50. The van der Waals surface area contributed by atoms with Gasteiger partial charge in [0.05, 0.1) is 0 Å². The molecule has 0 amide bonds. The molecule has 0 saturated carbocycles. The van der Waals surface area contributed by atoms with Crippen molar-refractivity contribution in [1.29, 1.82) is 0 Å². The van der Waals surface area contributed by atoms with Gasteiger partial charge in [0.2, 0.25) is 0 Å². The normalized spacial score (nSPS) is 26.5. The van der Waals surface area contributed by atoms with Crippen LogP contribution in [0.4, 0.5) is 0 Å². The summed E-state index contributed by atoms with van der Waals surface area (Å²) in [6.07, 6.45) is 5.53. The molecule has 66 valence electrons. The van der Waals surface area contributed by atoms with Gasteiger partial charge in [-0.25, -0.2) is 0 Å². The molecule has 1 aliphatic rings. The van der Waals surface area contributed by atoms with Crippen molar-refractivity contribution in [3.05, 3.63) is 0 Å². The first-order valence-electron chi connectivity index (χ1n) is 4.79. The van der Waals surface area contributed by atoms with Crippen LogP contribution in [-0.2, 0) is 0 Å². The Labute approximate surface area is 69.8 Å². The molecule has 0 aromatic carbocycles. The molecular weight excluding hydrogens is 136 g/mol. The second-order valence-corrected chi connectivity index (χ2v) is 3.44. The SMILES string of the molecule is CNCCC1CCCNCC1. The summed E-state index contributed by atoms with van der Waals surface area (Å²) in [6.45, 7) is 3.65. The molecule has 0 radical (unpaired) electrons. The predicted molar refractivity (Wildman–Crippen MR) is 48.8 cm³/mol. The summed E-state index contributed by atoms with van der Waals surface area (Å²) in [5.74, 6) is 0.970. The molecule has 0 aromatic heterocycles. The van der Waals surface area contributed by atoms with Gasteiger partial charge in [-0.3, -0.25) is 0 Å². The van der Waals surface area contributed by atoms with E-state index < -0.39 is 0 Å². The number of hydrogen-bond donors (Lipinski definition) is 2. The third-order valence-corrected chi connectivity index (χ3v) is 2.50. The standard InChI is InChI=1S/C9H20N2/c1-10-7-4-9-3-2-6-11-8-5-9/h9-11H,2-8H2,1H3. The lowest BCUT2D eigenvalue weighted by Crippen LogP contribution is -2.16. The summed E-state index contributed by atoms with van der Waals surface area (Å²) in [4.78, 5) is 0. The highest BCUT2D eigenvalue weighted by molar-refractivity contribution is 4.67. The Morgan fingerprint density at radius 3 is 3.09 bits per heavy atom. The van der Waals surface area contributed by atoms with Gasteiger partial charge in [-0.05, 0) is 58.3 Å². The quantitative estimate of drug-likeness (QED) is 0.636. The van der Waals surface area contributed by atoms with E-state index in [2.05, 4.69) is 10.6 Å². The lowest BCUT2D eigenvalue weighted by molar-refractivity contribution is 0.432. The van der Waals surface area contributed by atoms with E-state index in [1.165, 1.54) is 45.3 Å². The molecule has 1 aliphatic heterocycles. The van der Waals surface area contributed by atoms with Crippen LogP contribution in [0.25, 0.3) is 0 Å². The molecule has 1 atom stereocenters. The van der Waals surface area contributed by atoms with Gasteiger partial charge >= 0.3 is 0 Å². The van der Waals surface area contributed by atoms with Gasteiger partial charge in [-0.1, -0.05) is 0 Å². The number of rotatable bonds is 3. The van der Waals surface area contributed by atoms with Crippen LogP contribution in [0.2, 0.25) is 0 Å². The second kappa shape index (κ2) is 5.56. The highest BCUT2D eigenvalue weighted by Crippen LogP contribution is 2.16. The number of nitrogens with one attached hydrogen (secondary N) is 2. The minimum atomic E-state index is 0.970. The molecular formula is C9H20N2. The first-order valence-corrected chi connectivity index (χ1v) is 4.79. The fraction of sp³-hybridized carbons (Fsp3) is 1.00. The molecule has 1 heterocycles. The Kier molecular flexibility index (Phi) is 4.55. The van der Waals surface area contributed by atoms with Crippen LogP contribution in [0.3, 0.4) is 0 Å². The maximum absolute atomic E-state index is 3.43. The van der Waals surface area contributed by atoms with E-state index >= 15 is 0 Å². The Hall–Kier alpha value is -0.0800. The van der Waals surface area contributed by atoms with Crippen LogP contribution >= 0.6 is 0 Å². The molecule has 1 saturated heterocycles.